The first-order chi connectivity index (χ1) is 19.7. The molecule has 1 atom stereocenters. The predicted molar refractivity (Wildman–Crippen MR) is 171 cm³/mol. The number of allylic oxidation sites excluding steroid dienone is 1. The van der Waals surface area contributed by atoms with Crippen LogP contribution in [-0.4, -0.2) is 24.3 Å². The topological polar surface area (TPSA) is 79.1 Å². The van der Waals surface area contributed by atoms with Crippen LogP contribution in [0, 0.1) is 3.57 Å². The van der Waals surface area contributed by atoms with Gasteiger partial charge in [-0.15, -0.1) is 11.3 Å². The number of hydrogen-bond donors (Lipinski definition) is 0. The summed E-state index contributed by atoms with van der Waals surface area (Å²) in [6, 6.07) is 12.2. The third-order valence-corrected chi connectivity index (χ3v) is 9.56. The van der Waals surface area contributed by atoms with E-state index < -0.39 is 12.0 Å². The number of halogens is 3. The molecule has 0 radical (unpaired) electrons. The third kappa shape index (κ3) is 6.12. The lowest BCUT2D eigenvalue weighted by molar-refractivity contribution is -0.139. The van der Waals surface area contributed by atoms with E-state index in [9.17, 15) is 9.59 Å². The molecule has 5 rings (SSSR count). The number of methoxy groups -OCH3 is 1. The second kappa shape index (κ2) is 12.7. The lowest BCUT2D eigenvalue weighted by atomic mass is 10.0. The molecule has 4 aromatic rings. The van der Waals surface area contributed by atoms with Crippen molar-refractivity contribution in [3.8, 4) is 11.5 Å². The molecule has 1 aliphatic rings. The summed E-state index contributed by atoms with van der Waals surface area (Å²) in [5.74, 6) is 0.597. The first-order valence-electron chi connectivity index (χ1n) is 12.4. The number of rotatable bonds is 8. The van der Waals surface area contributed by atoms with E-state index in [1.54, 1.807) is 43.7 Å². The minimum Gasteiger partial charge on any atom is -0.493 e. The molecular weight excluding hydrogens is 718 g/mol. The Morgan fingerprint density at radius 2 is 2.02 bits per heavy atom. The van der Waals surface area contributed by atoms with Gasteiger partial charge in [0.15, 0.2) is 16.3 Å². The maximum Gasteiger partial charge on any atom is 0.338 e. The van der Waals surface area contributed by atoms with Crippen LogP contribution < -0.4 is 24.4 Å². The second-order valence-electron chi connectivity index (χ2n) is 8.88. The van der Waals surface area contributed by atoms with Gasteiger partial charge in [-0.25, -0.2) is 9.79 Å². The van der Waals surface area contributed by atoms with Gasteiger partial charge in [-0.2, -0.15) is 0 Å². The van der Waals surface area contributed by atoms with E-state index in [1.165, 1.54) is 22.7 Å². The fourth-order valence-electron chi connectivity index (χ4n) is 4.41. The molecule has 41 heavy (non-hydrogen) atoms. The minimum absolute atomic E-state index is 0.226. The summed E-state index contributed by atoms with van der Waals surface area (Å²) in [4.78, 5) is 32.8. The van der Waals surface area contributed by atoms with E-state index >= 15 is 0 Å². The quantitative estimate of drug-likeness (QED) is 0.155. The highest BCUT2D eigenvalue weighted by Gasteiger charge is 2.33. The number of benzene rings is 2. The van der Waals surface area contributed by atoms with Gasteiger partial charge in [0.05, 0.1) is 33.1 Å². The van der Waals surface area contributed by atoms with Crippen LogP contribution in [0.1, 0.15) is 35.9 Å². The van der Waals surface area contributed by atoms with Crippen molar-refractivity contribution in [3.05, 3.63) is 108 Å². The van der Waals surface area contributed by atoms with E-state index in [4.69, 9.17) is 37.4 Å². The smallest absolute Gasteiger partial charge is 0.338 e. The number of aromatic nitrogens is 1. The van der Waals surface area contributed by atoms with Crippen LogP contribution in [0.15, 0.2) is 68.9 Å². The molecule has 0 fully saturated rings. The first kappa shape index (κ1) is 29.8. The molecule has 0 amide bonds. The molecule has 0 saturated carbocycles. The Morgan fingerprint density at radius 1 is 1.22 bits per heavy atom. The Labute approximate surface area is 267 Å². The van der Waals surface area contributed by atoms with Gasteiger partial charge in [-0.05, 0) is 83.8 Å². The average molecular weight is 741 g/mol. The Balaban J connectivity index is 1.54. The summed E-state index contributed by atoms with van der Waals surface area (Å²) >= 11 is 17.2. The van der Waals surface area contributed by atoms with Crippen molar-refractivity contribution >= 4 is 80.5 Å². The highest BCUT2D eigenvalue weighted by atomic mass is 127. The molecule has 0 saturated heterocycles. The molecule has 0 spiro atoms. The fraction of sp³-hybridized carbons (Fsp3) is 0.207. The van der Waals surface area contributed by atoms with E-state index in [0.717, 1.165) is 19.6 Å². The van der Waals surface area contributed by atoms with Crippen molar-refractivity contribution in [1.82, 2.24) is 4.57 Å². The van der Waals surface area contributed by atoms with Crippen molar-refractivity contribution < 1.29 is 19.0 Å². The molecule has 212 valence electrons. The predicted octanol–water partition coefficient (Wildman–Crippen LogP) is 6.36. The molecule has 1 aliphatic heterocycles. The van der Waals surface area contributed by atoms with Gasteiger partial charge >= 0.3 is 5.97 Å². The molecule has 2 aromatic carbocycles. The number of carbonyl (C=O) groups excluding carboxylic acids is 1. The van der Waals surface area contributed by atoms with E-state index in [0.29, 0.717) is 42.1 Å². The zero-order chi connectivity index (χ0) is 29.3. The number of nitrogens with zero attached hydrogens (tertiary/aromatic N) is 2. The van der Waals surface area contributed by atoms with Crippen molar-refractivity contribution in [2.45, 2.75) is 26.5 Å². The minimum atomic E-state index is -0.613. The number of fused-ring (bicyclic) bond motifs is 1. The zero-order valence-electron chi connectivity index (χ0n) is 22.1. The average Bonchev–Trinajstić information content (AvgIpc) is 3.56. The van der Waals surface area contributed by atoms with Crippen LogP contribution in [-0.2, 0) is 16.1 Å². The van der Waals surface area contributed by atoms with Crippen LogP contribution in [0.4, 0.5) is 0 Å². The van der Waals surface area contributed by atoms with Crippen LogP contribution >= 0.6 is 68.5 Å². The number of esters is 1. The summed E-state index contributed by atoms with van der Waals surface area (Å²) in [5, 5.41) is 2.98. The van der Waals surface area contributed by atoms with Crippen molar-refractivity contribution in [2.75, 3.05) is 13.7 Å². The van der Waals surface area contributed by atoms with E-state index in [1.807, 2.05) is 35.7 Å². The number of thiazole rings is 1. The number of thiophene rings is 1. The van der Waals surface area contributed by atoms with E-state index in [2.05, 4.69) is 27.6 Å². The van der Waals surface area contributed by atoms with E-state index in [-0.39, 0.29) is 18.8 Å². The maximum absolute atomic E-state index is 13.8. The first-order valence-corrected chi connectivity index (χ1v) is 15.9. The van der Waals surface area contributed by atoms with Gasteiger partial charge in [0.1, 0.15) is 12.6 Å². The largest absolute Gasteiger partial charge is 0.493 e. The Hall–Kier alpha value is -2.64. The van der Waals surface area contributed by atoms with Gasteiger partial charge in [0.25, 0.3) is 5.56 Å². The molecule has 3 heterocycles. The zero-order valence-corrected chi connectivity index (χ0v) is 27.4. The highest BCUT2D eigenvalue weighted by Crippen LogP contribution is 2.36. The van der Waals surface area contributed by atoms with Gasteiger partial charge < -0.3 is 14.2 Å². The molecule has 2 aromatic heterocycles. The van der Waals surface area contributed by atoms with Crippen molar-refractivity contribution in [1.29, 1.82) is 0 Å². The molecule has 0 unspecified atom stereocenters. The van der Waals surface area contributed by atoms with Gasteiger partial charge in [0, 0.05) is 20.5 Å². The van der Waals surface area contributed by atoms with Crippen molar-refractivity contribution in [2.24, 2.45) is 4.99 Å². The lowest BCUT2D eigenvalue weighted by Crippen LogP contribution is -2.39. The summed E-state index contributed by atoms with van der Waals surface area (Å²) in [7, 11) is 1.56. The molecule has 0 N–H and O–H groups in total. The van der Waals surface area contributed by atoms with Crippen molar-refractivity contribution in [3.63, 3.8) is 0 Å². The number of ether oxygens (including phenoxy) is 3. The lowest BCUT2D eigenvalue weighted by Gasteiger charge is -2.23. The van der Waals surface area contributed by atoms with Crippen LogP contribution in [0.2, 0.25) is 10.0 Å². The van der Waals surface area contributed by atoms with Gasteiger partial charge in [-0.1, -0.05) is 46.7 Å². The molecule has 7 nitrogen and oxygen atoms in total. The monoisotopic (exact) mass is 740 g/mol. The SMILES string of the molecule is CCOC(=O)C1=C(C)N=c2s/c(=C/c3cc(I)c(OCc4ccc(Cl)cc4Cl)c(OC)c3)c(=O)n2[C@@H]1c1cccs1. The Kier molecular flexibility index (Phi) is 9.24. The maximum atomic E-state index is 13.8. The highest BCUT2D eigenvalue weighted by molar-refractivity contribution is 14.1. The standard InChI is InChI=1S/C29H23Cl2IN2O5S2/c1-4-38-28(36)24-15(2)33-29-34(25(24)22-6-5-9-40-22)27(35)23(41-29)12-16-10-20(32)26(21(11-16)37-3)39-14-17-7-8-18(30)13-19(17)31/h5-13,25H,4,14H2,1-3H3/b23-12+/t25-/m1/s1. The third-order valence-electron chi connectivity index (χ3n) is 6.27. The second-order valence-corrected chi connectivity index (χ2v) is 12.9. The fourth-order valence-corrected chi connectivity index (χ4v) is 7.53. The normalized spacial score (nSPS) is 15.0. The summed E-state index contributed by atoms with van der Waals surface area (Å²) in [6.07, 6.45) is 1.79. The molecular formula is C29H23Cl2IN2O5S2. The molecule has 0 bridgehead atoms. The Morgan fingerprint density at radius 3 is 2.71 bits per heavy atom. The van der Waals surface area contributed by atoms with Gasteiger partial charge in [-0.3, -0.25) is 9.36 Å². The number of carbonyl (C=O) groups is 1. The summed E-state index contributed by atoms with van der Waals surface area (Å²) in [6.45, 7) is 3.98. The number of hydrogen-bond acceptors (Lipinski definition) is 8. The molecule has 0 aliphatic carbocycles. The van der Waals surface area contributed by atoms with Gasteiger partial charge in [0.2, 0.25) is 0 Å². The van der Waals surface area contributed by atoms with Crippen LogP contribution in [0.5, 0.6) is 11.5 Å². The summed E-state index contributed by atoms with van der Waals surface area (Å²) < 4.78 is 19.9. The summed E-state index contributed by atoms with van der Waals surface area (Å²) in [5.41, 5.74) is 2.20. The Bertz CT molecular complexity index is 1850. The molecule has 12 heteroatoms. The van der Waals surface area contributed by atoms with Crippen LogP contribution in [0.25, 0.3) is 6.08 Å². The van der Waals surface area contributed by atoms with Crippen LogP contribution in [0.3, 0.4) is 0 Å².